The van der Waals surface area contributed by atoms with E-state index in [4.69, 9.17) is 0 Å². The highest BCUT2D eigenvalue weighted by Crippen LogP contribution is 2.28. The molecule has 0 atom stereocenters. The van der Waals surface area contributed by atoms with Crippen LogP contribution in [0, 0.1) is 0 Å². The number of fused-ring (bicyclic) bond motifs is 3. The number of hydrogen-bond acceptors (Lipinski definition) is 2. The van der Waals surface area contributed by atoms with E-state index in [0.717, 1.165) is 16.6 Å². The minimum atomic E-state index is 0.316. The first-order valence-electron chi connectivity index (χ1n) is 7.33. The predicted octanol–water partition coefficient (Wildman–Crippen LogP) is 4.24. The Labute approximate surface area is 128 Å². The van der Waals surface area contributed by atoms with Crippen molar-refractivity contribution in [1.29, 1.82) is 0 Å². The van der Waals surface area contributed by atoms with Crippen LogP contribution in [0.1, 0.15) is 5.56 Å². The Balaban J connectivity index is 1.81. The standard InChI is InChI=1S/C19H16N2O/c22-19-12-6-1-7-14(19)13-20-21-17-10-4-2-8-15(17)16-9-3-5-11-18(16)21/h1-12,20,22H,13H2. The Hall–Kier alpha value is -2.94. The van der Waals surface area contributed by atoms with Crippen molar-refractivity contribution in [2.75, 3.05) is 5.43 Å². The van der Waals surface area contributed by atoms with Crippen molar-refractivity contribution in [3.63, 3.8) is 0 Å². The van der Waals surface area contributed by atoms with Gasteiger partial charge in [0.1, 0.15) is 5.75 Å². The van der Waals surface area contributed by atoms with Crippen LogP contribution in [0.2, 0.25) is 0 Å². The van der Waals surface area contributed by atoms with Gasteiger partial charge in [0.05, 0.1) is 17.6 Å². The molecular formula is C19H16N2O. The number of aromatic hydroxyl groups is 1. The van der Waals surface area contributed by atoms with Crippen molar-refractivity contribution in [1.82, 2.24) is 4.68 Å². The molecule has 0 amide bonds. The second kappa shape index (κ2) is 5.11. The number of aromatic nitrogens is 1. The fourth-order valence-electron chi connectivity index (χ4n) is 2.92. The van der Waals surface area contributed by atoms with Gasteiger partial charge in [0.25, 0.3) is 0 Å². The monoisotopic (exact) mass is 288 g/mol. The minimum Gasteiger partial charge on any atom is -0.508 e. The van der Waals surface area contributed by atoms with Gasteiger partial charge < -0.3 is 10.5 Å². The molecule has 1 heterocycles. The van der Waals surface area contributed by atoms with Gasteiger partial charge in [-0.15, -0.1) is 0 Å². The van der Waals surface area contributed by atoms with Crippen LogP contribution in [-0.4, -0.2) is 9.78 Å². The first-order chi connectivity index (χ1) is 10.8. The van der Waals surface area contributed by atoms with Crippen LogP contribution >= 0.6 is 0 Å². The fraction of sp³-hybridized carbons (Fsp3) is 0.0526. The molecule has 0 saturated heterocycles. The molecule has 108 valence electrons. The average Bonchev–Trinajstić information content (AvgIpc) is 2.89. The van der Waals surface area contributed by atoms with E-state index >= 15 is 0 Å². The summed E-state index contributed by atoms with van der Waals surface area (Å²) < 4.78 is 2.09. The van der Waals surface area contributed by atoms with Crippen LogP contribution in [0.3, 0.4) is 0 Å². The van der Waals surface area contributed by atoms with Gasteiger partial charge in [-0.3, -0.25) is 4.68 Å². The summed E-state index contributed by atoms with van der Waals surface area (Å²) in [6, 6.07) is 24.1. The van der Waals surface area contributed by atoms with Crippen molar-refractivity contribution in [3.05, 3.63) is 78.4 Å². The molecule has 22 heavy (non-hydrogen) atoms. The van der Waals surface area contributed by atoms with E-state index in [2.05, 4.69) is 46.5 Å². The number of phenolic OH excluding ortho intramolecular Hbond substituents is 1. The summed E-state index contributed by atoms with van der Waals surface area (Å²) in [6.07, 6.45) is 0. The van der Waals surface area contributed by atoms with Gasteiger partial charge in [0, 0.05) is 16.3 Å². The van der Waals surface area contributed by atoms with E-state index in [1.807, 2.05) is 30.3 Å². The SMILES string of the molecule is Oc1ccccc1CNn1c2ccccc2c2ccccc21. The second-order valence-corrected chi connectivity index (χ2v) is 5.33. The first-order valence-corrected chi connectivity index (χ1v) is 7.33. The summed E-state index contributed by atoms with van der Waals surface area (Å²) in [5.74, 6) is 0.316. The van der Waals surface area contributed by atoms with Gasteiger partial charge in [0.15, 0.2) is 0 Å². The van der Waals surface area contributed by atoms with Gasteiger partial charge in [-0.1, -0.05) is 54.6 Å². The molecule has 3 aromatic carbocycles. The number of phenols is 1. The summed E-state index contributed by atoms with van der Waals surface area (Å²) in [5.41, 5.74) is 6.58. The molecule has 0 bridgehead atoms. The van der Waals surface area contributed by atoms with Crippen molar-refractivity contribution >= 4 is 21.8 Å². The Morgan fingerprint density at radius 1 is 0.727 bits per heavy atom. The lowest BCUT2D eigenvalue weighted by Crippen LogP contribution is -2.13. The zero-order chi connectivity index (χ0) is 14.9. The average molecular weight is 288 g/mol. The molecule has 0 spiro atoms. The molecule has 0 aliphatic heterocycles. The van der Waals surface area contributed by atoms with E-state index in [1.165, 1.54) is 10.8 Å². The number of para-hydroxylation sites is 3. The predicted molar refractivity (Wildman–Crippen MR) is 90.6 cm³/mol. The molecule has 0 aliphatic carbocycles. The normalized spacial score (nSPS) is 11.1. The van der Waals surface area contributed by atoms with Crippen LogP contribution < -0.4 is 5.43 Å². The molecule has 0 fully saturated rings. The minimum absolute atomic E-state index is 0.316. The molecular weight excluding hydrogens is 272 g/mol. The fourth-order valence-corrected chi connectivity index (χ4v) is 2.92. The zero-order valence-corrected chi connectivity index (χ0v) is 12.0. The Kier molecular flexibility index (Phi) is 2.97. The quantitative estimate of drug-likeness (QED) is 0.591. The number of rotatable bonds is 3. The van der Waals surface area contributed by atoms with Crippen LogP contribution in [0.25, 0.3) is 21.8 Å². The van der Waals surface area contributed by atoms with Crippen molar-refractivity contribution in [2.24, 2.45) is 0 Å². The molecule has 1 aromatic heterocycles. The molecule has 0 aliphatic rings. The molecule has 2 N–H and O–H groups in total. The number of hydrogen-bond donors (Lipinski definition) is 2. The molecule has 0 saturated carbocycles. The number of nitrogens with one attached hydrogen (secondary N) is 1. The Morgan fingerprint density at radius 2 is 1.27 bits per heavy atom. The van der Waals surface area contributed by atoms with Crippen molar-refractivity contribution in [2.45, 2.75) is 6.54 Å². The summed E-state index contributed by atoms with van der Waals surface area (Å²) in [5, 5.41) is 12.4. The maximum Gasteiger partial charge on any atom is 0.120 e. The van der Waals surface area contributed by atoms with Crippen LogP contribution in [0.5, 0.6) is 5.75 Å². The van der Waals surface area contributed by atoms with Gasteiger partial charge in [-0.25, -0.2) is 0 Å². The third kappa shape index (κ3) is 1.99. The Bertz CT molecular complexity index is 903. The van der Waals surface area contributed by atoms with Crippen LogP contribution in [-0.2, 0) is 6.54 Å². The van der Waals surface area contributed by atoms with Crippen molar-refractivity contribution in [3.8, 4) is 5.75 Å². The van der Waals surface area contributed by atoms with Gasteiger partial charge >= 0.3 is 0 Å². The second-order valence-electron chi connectivity index (χ2n) is 5.33. The summed E-state index contributed by atoms with van der Waals surface area (Å²) >= 11 is 0. The smallest absolute Gasteiger partial charge is 0.120 e. The van der Waals surface area contributed by atoms with Crippen molar-refractivity contribution < 1.29 is 5.11 Å². The van der Waals surface area contributed by atoms with Crippen LogP contribution in [0.15, 0.2) is 72.8 Å². The third-order valence-corrected chi connectivity index (χ3v) is 4.00. The zero-order valence-electron chi connectivity index (χ0n) is 12.0. The highest BCUT2D eigenvalue weighted by atomic mass is 16.3. The molecule has 0 radical (unpaired) electrons. The number of nitrogens with zero attached hydrogens (tertiary/aromatic N) is 1. The summed E-state index contributed by atoms with van der Waals surface area (Å²) in [6.45, 7) is 0.565. The highest BCUT2D eigenvalue weighted by Gasteiger charge is 2.09. The topological polar surface area (TPSA) is 37.2 Å². The lowest BCUT2D eigenvalue weighted by Gasteiger charge is -2.12. The largest absolute Gasteiger partial charge is 0.508 e. The molecule has 4 rings (SSSR count). The van der Waals surface area contributed by atoms with E-state index in [9.17, 15) is 5.11 Å². The van der Waals surface area contributed by atoms with E-state index in [0.29, 0.717) is 12.3 Å². The maximum atomic E-state index is 9.92. The third-order valence-electron chi connectivity index (χ3n) is 4.00. The molecule has 4 aromatic rings. The van der Waals surface area contributed by atoms with E-state index in [-0.39, 0.29) is 0 Å². The van der Waals surface area contributed by atoms with E-state index in [1.54, 1.807) is 6.07 Å². The molecule has 3 nitrogen and oxygen atoms in total. The van der Waals surface area contributed by atoms with E-state index < -0.39 is 0 Å². The molecule has 0 unspecified atom stereocenters. The maximum absolute atomic E-state index is 9.92. The molecule has 3 heteroatoms. The highest BCUT2D eigenvalue weighted by molar-refractivity contribution is 6.08. The van der Waals surface area contributed by atoms with Gasteiger partial charge in [-0.05, 0) is 18.2 Å². The first kappa shape index (κ1) is 12.8. The summed E-state index contributed by atoms with van der Waals surface area (Å²) in [4.78, 5) is 0. The van der Waals surface area contributed by atoms with Crippen LogP contribution in [0.4, 0.5) is 0 Å². The summed E-state index contributed by atoms with van der Waals surface area (Å²) in [7, 11) is 0. The number of benzene rings is 3. The lowest BCUT2D eigenvalue weighted by molar-refractivity contribution is 0.468. The van der Waals surface area contributed by atoms with Gasteiger partial charge in [-0.2, -0.15) is 0 Å². The Morgan fingerprint density at radius 3 is 1.91 bits per heavy atom. The van der Waals surface area contributed by atoms with Gasteiger partial charge in [0.2, 0.25) is 0 Å². The lowest BCUT2D eigenvalue weighted by atomic mass is 10.2.